The smallest absolute Gasteiger partial charge is 0.411 e. The van der Waals surface area contributed by atoms with Crippen molar-refractivity contribution < 1.29 is 33.8 Å². The van der Waals surface area contributed by atoms with E-state index in [4.69, 9.17) is 9.15 Å². The van der Waals surface area contributed by atoms with E-state index in [1.807, 2.05) is 48.5 Å². The maximum absolute atomic E-state index is 12.9. The number of fused-ring (bicyclic) bond motifs is 3. The Kier molecular flexibility index (Phi) is 5.54. The summed E-state index contributed by atoms with van der Waals surface area (Å²) >= 11 is 0. The van der Waals surface area contributed by atoms with E-state index in [1.165, 1.54) is 12.3 Å². The largest absolute Gasteiger partial charge is 0.480 e. The molecular formula is C25H22N2O7. The predicted octanol–water partition coefficient (Wildman–Crippen LogP) is 3.30. The third kappa shape index (κ3) is 3.80. The van der Waals surface area contributed by atoms with Gasteiger partial charge in [-0.1, -0.05) is 48.5 Å². The van der Waals surface area contributed by atoms with Crippen molar-refractivity contribution in [1.82, 2.24) is 4.90 Å². The second-order valence-corrected chi connectivity index (χ2v) is 8.32. The van der Waals surface area contributed by atoms with E-state index in [1.54, 1.807) is 0 Å². The van der Waals surface area contributed by atoms with Crippen molar-refractivity contribution in [2.24, 2.45) is 0 Å². The second kappa shape index (κ2) is 8.68. The topological polar surface area (TPSA) is 129 Å². The van der Waals surface area contributed by atoms with Crippen molar-refractivity contribution in [3.63, 3.8) is 0 Å². The number of carboxylic acid groups (broad SMARTS) is 1. The van der Waals surface area contributed by atoms with Crippen molar-refractivity contribution in [2.45, 2.75) is 24.5 Å². The van der Waals surface area contributed by atoms with Crippen LogP contribution in [0.1, 0.15) is 34.0 Å². The van der Waals surface area contributed by atoms with Crippen LogP contribution in [0.2, 0.25) is 0 Å². The number of nitrogens with zero attached hydrogens (tertiary/aromatic N) is 1. The van der Waals surface area contributed by atoms with Gasteiger partial charge in [-0.2, -0.15) is 0 Å². The van der Waals surface area contributed by atoms with Crippen LogP contribution >= 0.6 is 0 Å². The van der Waals surface area contributed by atoms with E-state index in [-0.39, 0.29) is 36.9 Å². The number of rotatable bonds is 5. The zero-order valence-electron chi connectivity index (χ0n) is 18.0. The number of carboxylic acids is 1. The van der Waals surface area contributed by atoms with Crippen molar-refractivity contribution in [2.75, 3.05) is 18.5 Å². The minimum Gasteiger partial charge on any atom is -0.480 e. The summed E-state index contributed by atoms with van der Waals surface area (Å²) in [5.41, 5.74) is 4.42. The zero-order chi connectivity index (χ0) is 23.8. The predicted molar refractivity (Wildman–Crippen MR) is 120 cm³/mol. The number of furan rings is 1. The van der Waals surface area contributed by atoms with Gasteiger partial charge in [0.25, 0.3) is 5.91 Å². The van der Waals surface area contributed by atoms with Gasteiger partial charge >= 0.3 is 12.1 Å². The number of anilines is 1. The number of carbonyl (C=O) groups excluding carboxylic acids is 2. The fourth-order valence-corrected chi connectivity index (χ4v) is 4.72. The van der Waals surface area contributed by atoms with Gasteiger partial charge in [0.05, 0.1) is 18.1 Å². The molecule has 1 aliphatic carbocycles. The molecule has 2 amide bonds. The molecule has 0 bridgehead atoms. The number of ether oxygens (including phenoxy) is 1. The molecule has 2 atom stereocenters. The lowest BCUT2D eigenvalue weighted by Gasteiger charge is -2.20. The first-order valence-corrected chi connectivity index (χ1v) is 10.9. The van der Waals surface area contributed by atoms with E-state index in [2.05, 4.69) is 5.32 Å². The number of aliphatic carboxylic acids is 1. The Labute approximate surface area is 194 Å². The number of likely N-dealkylation sites (tertiary alicyclic amines) is 1. The van der Waals surface area contributed by atoms with E-state index < -0.39 is 30.1 Å². The molecule has 2 heterocycles. The molecule has 3 aromatic rings. The van der Waals surface area contributed by atoms with Gasteiger partial charge in [-0.3, -0.25) is 10.1 Å². The Morgan fingerprint density at radius 3 is 2.32 bits per heavy atom. The number of hydrogen-bond donors (Lipinski definition) is 3. The lowest BCUT2D eigenvalue weighted by Crippen LogP contribution is -2.40. The molecule has 1 saturated heterocycles. The molecule has 9 nitrogen and oxygen atoms in total. The molecule has 2 aromatic carbocycles. The van der Waals surface area contributed by atoms with Gasteiger partial charge in [0.1, 0.15) is 12.6 Å². The second-order valence-electron chi connectivity index (χ2n) is 8.32. The monoisotopic (exact) mass is 462 g/mol. The Morgan fingerprint density at radius 1 is 1.03 bits per heavy atom. The number of benzene rings is 2. The SMILES string of the molecule is O=C(Nc1ccoc1C(=O)N1C[C@@H](O)C[C@H]1C(=O)O)OCC1c2ccccc2-c2ccccc21. The number of nitrogens with one attached hydrogen (secondary N) is 1. The highest BCUT2D eigenvalue weighted by Gasteiger charge is 2.41. The maximum Gasteiger partial charge on any atom is 0.411 e. The summed E-state index contributed by atoms with van der Waals surface area (Å²) in [6.07, 6.45) is -0.571. The van der Waals surface area contributed by atoms with Crippen LogP contribution in [0.3, 0.4) is 0 Å². The lowest BCUT2D eigenvalue weighted by molar-refractivity contribution is -0.141. The Morgan fingerprint density at radius 2 is 1.68 bits per heavy atom. The summed E-state index contributed by atoms with van der Waals surface area (Å²) in [5, 5.41) is 21.7. The van der Waals surface area contributed by atoms with Gasteiger partial charge < -0.3 is 24.3 Å². The first-order valence-electron chi connectivity index (χ1n) is 10.9. The Balaban J connectivity index is 1.28. The first kappa shape index (κ1) is 21.7. The number of β-amino-alcohol motifs (C(OH)–C–C–N with tert-alkyl or cyclic N) is 1. The summed E-state index contributed by atoms with van der Waals surface area (Å²) < 4.78 is 10.7. The minimum absolute atomic E-state index is 0.0627. The van der Waals surface area contributed by atoms with Gasteiger partial charge in [0, 0.05) is 24.9 Å². The Hall–Kier alpha value is -4.11. The molecule has 2 aliphatic rings. The Bertz CT molecular complexity index is 1220. The molecule has 9 heteroatoms. The lowest BCUT2D eigenvalue weighted by atomic mass is 9.98. The van der Waals surface area contributed by atoms with Crippen LogP contribution in [0.4, 0.5) is 10.5 Å². The molecule has 0 radical (unpaired) electrons. The summed E-state index contributed by atoms with van der Waals surface area (Å²) in [4.78, 5) is 37.9. The maximum atomic E-state index is 12.9. The molecule has 1 fully saturated rings. The van der Waals surface area contributed by atoms with Crippen LogP contribution in [-0.4, -0.2) is 58.4 Å². The summed E-state index contributed by atoms with van der Waals surface area (Å²) in [6, 6.07) is 16.1. The molecule has 1 aliphatic heterocycles. The summed E-state index contributed by atoms with van der Waals surface area (Å²) in [6.45, 7) is -0.0404. The molecule has 174 valence electrons. The third-order valence-corrected chi connectivity index (χ3v) is 6.26. The average molecular weight is 462 g/mol. The van der Waals surface area contributed by atoms with Gasteiger partial charge in [0.15, 0.2) is 0 Å². The molecule has 5 rings (SSSR count). The van der Waals surface area contributed by atoms with Gasteiger partial charge in [0.2, 0.25) is 5.76 Å². The molecule has 34 heavy (non-hydrogen) atoms. The van der Waals surface area contributed by atoms with E-state index in [9.17, 15) is 24.6 Å². The molecule has 1 aromatic heterocycles. The van der Waals surface area contributed by atoms with Gasteiger partial charge in [-0.25, -0.2) is 9.59 Å². The fourth-order valence-electron chi connectivity index (χ4n) is 4.72. The van der Waals surface area contributed by atoms with Crippen molar-refractivity contribution in [3.8, 4) is 11.1 Å². The molecule has 0 spiro atoms. The minimum atomic E-state index is -1.22. The van der Waals surface area contributed by atoms with Crippen molar-refractivity contribution >= 4 is 23.7 Å². The molecule has 0 unspecified atom stereocenters. The van der Waals surface area contributed by atoms with Crippen LogP contribution < -0.4 is 5.32 Å². The normalized spacial score (nSPS) is 18.9. The summed E-state index contributed by atoms with van der Waals surface area (Å²) in [7, 11) is 0. The van der Waals surface area contributed by atoms with Crippen molar-refractivity contribution in [3.05, 3.63) is 77.7 Å². The van der Waals surface area contributed by atoms with Crippen LogP contribution in [0.5, 0.6) is 0 Å². The molecule has 0 saturated carbocycles. The number of aliphatic hydroxyl groups excluding tert-OH is 1. The van der Waals surface area contributed by atoms with Crippen LogP contribution in [0, 0.1) is 0 Å². The van der Waals surface area contributed by atoms with Gasteiger partial charge in [-0.05, 0) is 22.3 Å². The van der Waals surface area contributed by atoms with E-state index >= 15 is 0 Å². The molecular weight excluding hydrogens is 440 g/mol. The third-order valence-electron chi connectivity index (χ3n) is 6.26. The quantitative estimate of drug-likeness (QED) is 0.530. The van der Waals surface area contributed by atoms with E-state index in [0.717, 1.165) is 27.2 Å². The number of aliphatic hydroxyl groups is 1. The highest BCUT2D eigenvalue weighted by molar-refractivity contribution is 6.02. The fraction of sp³-hybridized carbons (Fsp3) is 0.240. The highest BCUT2D eigenvalue weighted by atomic mass is 16.5. The van der Waals surface area contributed by atoms with Gasteiger partial charge in [-0.15, -0.1) is 0 Å². The zero-order valence-corrected chi connectivity index (χ0v) is 18.0. The van der Waals surface area contributed by atoms with Crippen LogP contribution in [-0.2, 0) is 9.53 Å². The van der Waals surface area contributed by atoms with E-state index in [0.29, 0.717) is 0 Å². The average Bonchev–Trinajstić information content (AvgIpc) is 3.53. The number of amides is 2. The number of hydrogen-bond acceptors (Lipinski definition) is 6. The number of carbonyl (C=O) groups is 3. The first-order chi connectivity index (χ1) is 16.4. The summed E-state index contributed by atoms with van der Waals surface area (Å²) in [5.74, 6) is -2.30. The highest BCUT2D eigenvalue weighted by Crippen LogP contribution is 2.44. The van der Waals surface area contributed by atoms with Crippen LogP contribution in [0.25, 0.3) is 11.1 Å². The standard InChI is InChI=1S/C25H22N2O7/c28-14-11-21(24(30)31)27(12-14)23(29)22-20(9-10-33-22)26-25(32)34-13-19-17-7-3-1-5-15(17)16-6-2-4-8-18(16)19/h1-10,14,19,21,28H,11-13H2,(H,26,32)(H,30,31)/t14-,21-/m0/s1. The van der Waals surface area contributed by atoms with Crippen LogP contribution in [0.15, 0.2) is 65.3 Å². The molecule has 3 N–H and O–H groups in total. The van der Waals surface area contributed by atoms with Crippen molar-refractivity contribution in [1.29, 1.82) is 0 Å².